The van der Waals surface area contributed by atoms with Crippen LogP contribution in [0.25, 0.3) is 0 Å². The highest BCUT2D eigenvalue weighted by Gasteiger charge is 2.18. The SMILES string of the molecule is CC1CCCCN1CCCNC(=O)c1ccc(C(=O)Nc2ccccc2F)c(N)c1. The van der Waals surface area contributed by atoms with E-state index in [1.807, 2.05) is 0 Å². The van der Waals surface area contributed by atoms with E-state index in [4.69, 9.17) is 5.73 Å². The minimum absolute atomic E-state index is 0.0757. The van der Waals surface area contributed by atoms with Gasteiger partial charge in [0.2, 0.25) is 0 Å². The Morgan fingerprint density at radius 1 is 1.17 bits per heavy atom. The predicted octanol–water partition coefficient (Wildman–Crippen LogP) is 3.65. The van der Waals surface area contributed by atoms with Crippen LogP contribution < -0.4 is 16.4 Å². The molecular weight excluding hydrogens is 383 g/mol. The number of nitrogens with zero attached hydrogens (tertiary/aromatic N) is 1. The summed E-state index contributed by atoms with van der Waals surface area (Å²) in [5.41, 5.74) is 6.80. The third-order valence-electron chi connectivity index (χ3n) is 5.53. The smallest absolute Gasteiger partial charge is 0.257 e. The molecule has 1 aliphatic heterocycles. The standard InChI is InChI=1S/C23H29FN4O2/c1-16-7-4-5-13-28(16)14-6-12-26-22(29)17-10-11-18(20(25)15-17)23(30)27-21-9-3-2-8-19(21)24/h2-3,8-11,15-16H,4-7,12-14,25H2,1H3,(H,26,29)(H,27,30). The number of hydrogen-bond donors (Lipinski definition) is 3. The maximum absolute atomic E-state index is 13.7. The number of halogens is 1. The van der Waals surface area contributed by atoms with Crippen LogP contribution >= 0.6 is 0 Å². The van der Waals surface area contributed by atoms with E-state index >= 15 is 0 Å². The average molecular weight is 413 g/mol. The quantitative estimate of drug-likeness (QED) is 0.478. The van der Waals surface area contributed by atoms with Crippen LogP contribution in [-0.4, -0.2) is 42.4 Å². The van der Waals surface area contributed by atoms with Crippen LogP contribution in [0.15, 0.2) is 42.5 Å². The van der Waals surface area contributed by atoms with Crippen molar-refractivity contribution in [2.75, 3.05) is 30.7 Å². The van der Waals surface area contributed by atoms with Crippen LogP contribution in [0.2, 0.25) is 0 Å². The van der Waals surface area contributed by atoms with E-state index in [9.17, 15) is 14.0 Å². The normalized spacial score (nSPS) is 16.8. The molecule has 0 aliphatic carbocycles. The first-order valence-corrected chi connectivity index (χ1v) is 10.4. The van der Waals surface area contributed by atoms with E-state index in [0.29, 0.717) is 18.2 Å². The van der Waals surface area contributed by atoms with Crippen molar-refractivity contribution < 1.29 is 14.0 Å². The lowest BCUT2D eigenvalue weighted by Gasteiger charge is -2.33. The fourth-order valence-corrected chi connectivity index (χ4v) is 3.74. The molecule has 2 amide bonds. The largest absolute Gasteiger partial charge is 0.398 e. The summed E-state index contributed by atoms with van der Waals surface area (Å²) >= 11 is 0. The molecule has 4 N–H and O–H groups in total. The second-order valence-corrected chi connectivity index (χ2v) is 7.73. The first kappa shape index (κ1) is 21.8. The van der Waals surface area contributed by atoms with E-state index in [-0.39, 0.29) is 22.8 Å². The number of amides is 2. The predicted molar refractivity (Wildman–Crippen MR) is 117 cm³/mol. The number of carbonyl (C=O) groups excluding carboxylic acids is 2. The van der Waals surface area contributed by atoms with Gasteiger partial charge in [0.25, 0.3) is 11.8 Å². The number of nitrogens with two attached hydrogens (primary N) is 1. The Bertz CT molecular complexity index is 903. The minimum atomic E-state index is -0.528. The van der Waals surface area contributed by atoms with E-state index in [0.717, 1.165) is 19.5 Å². The Morgan fingerprint density at radius 2 is 1.97 bits per heavy atom. The van der Waals surface area contributed by atoms with Crippen molar-refractivity contribution in [1.29, 1.82) is 0 Å². The summed E-state index contributed by atoms with van der Waals surface area (Å²) < 4.78 is 13.7. The molecule has 1 atom stereocenters. The van der Waals surface area contributed by atoms with E-state index in [1.165, 1.54) is 43.5 Å². The molecule has 6 nitrogen and oxygen atoms in total. The van der Waals surface area contributed by atoms with Crippen LogP contribution in [0.5, 0.6) is 0 Å². The second-order valence-electron chi connectivity index (χ2n) is 7.73. The monoisotopic (exact) mass is 412 g/mol. The molecule has 0 aromatic heterocycles. The van der Waals surface area contributed by atoms with Gasteiger partial charge in [-0.05, 0) is 63.1 Å². The zero-order valence-corrected chi connectivity index (χ0v) is 17.3. The van der Waals surface area contributed by atoms with Gasteiger partial charge in [-0.15, -0.1) is 0 Å². The van der Waals surface area contributed by atoms with Crippen LogP contribution in [0.3, 0.4) is 0 Å². The van der Waals surface area contributed by atoms with Gasteiger partial charge >= 0.3 is 0 Å². The highest BCUT2D eigenvalue weighted by Crippen LogP contribution is 2.19. The highest BCUT2D eigenvalue weighted by atomic mass is 19.1. The summed E-state index contributed by atoms with van der Waals surface area (Å²) in [6.45, 7) is 4.93. The first-order chi connectivity index (χ1) is 14.5. The third-order valence-corrected chi connectivity index (χ3v) is 5.53. The van der Waals surface area contributed by atoms with Crippen molar-refractivity contribution in [3.05, 3.63) is 59.4 Å². The van der Waals surface area contributed by atoms with Crippen molar-refractivity contribution in [2.24, 2.45) is 0 Å². The molecule has 1 heterocycles. The summed E-state index contributed by atoms with van der Waals surface area (Å²) in [6, 6.07) is 11.0. The number of nitrogen functional groups attached to an aromatic ring is 1. The summed E-state index contributed by atoms with van der Waals surface area (Å²) in [5.74, 6) is -1.28. The Morgan fingerprint density at radius 3 is 2.70 bits per heavy atom. The lowest BCUT2D eigenvalue weighted by Crippen LogP contribution is -2.39. The van der Waals surface area contributed by atoms with Gasteiger partial charge in [-0.2, -0.15) is 0 Å². The maximum atomic E-state index is 13.7. The molecule has 7 heteroatoms. The lowest BCUT2D eigenvalue weighted by molar-refractivity contribution is 0.0947. The second kappa shape index (κ2) is 10.2. The molecule has 160 valence electrons. The third kappa shape index (κ3) is 5.57. The van der Waals surface area contributed by atoms with Gasteiger partial charge in [-0.3, -0.25) is 9.59 Å². The van der Waals surface area contributed by atoms with E-state index in [1.54, 1.807) is 18.2 Å². The molecule has 1 fully saturated rings. The fourth-order valence-electron chi connectivity index (χ4n) is 3.74. The molecule has 0 spiro atoms. The van der Waals surface area contributed by atoms with Crippen LogP contribution in [0, 0.1) is 5.82 Å². The van der Waals surface area contributed by atoms with Gasteiger partial charge in [0, 0.05) is 30.4 Å². The average Bonchev–Trinajstić information content (AvgIpc) is 2.73. The van der Waals surface area contributed by atoms with Crippen molar-refractivity contribution >= 4 is 23.2 Å². The number of likely N-dealkylation sites (tertiary alicyclic amines) is 1. The highest BCUT2D eigenvalue weighted by molar-refractivity contribution is 6.08. The van der Waals surface area contributed by atoms with Gasteiger partial charge in [0.1, 0.15) is 5.82 Å². The molecule has 30 heavy (non-hydrogen) atoms. The van der Waals surface area contributed by atoms with Gasteiger partial charge < -0.3 is 21.3 Å². The molecule has 1 saturated heterocycles. The fraction of sp³-hybridized carbons (Fsp3) is 0.391. The van der Waals surface area contributed by atoms with Crippen molar-refractivity contribution in [1.82, 2.24) is 10.2 Å². The van der Waals surface area contributed by atoms with Gasteiger partial charge in [-0.1, -0.05) is 18.6 Å². The number of anilines is 2. The maximum Gasteiger partial charge on any atom is 0.257 e. The first-order valence-electron chi connectivity index (χ1n) is 10.4. The van der Waals surface area contributed by atoms with Crippen LogP contribution in [-0.2, 0) is 0 Å². The van der Waals surface area contributed by atoms with E-state index < -0.39 is 11.7 Å². The number of carbonyl (C=O) groups is 2. The molecule has 2 aromatic rings. The minimum Gasteiger partial charge on any atom is -0.398 e. The molecule has 0 saturated carbocycles. The van der Waals surface area contributed by atoms with Gasteiger partial charge in [0.15, 0.2) is 0 Å². The Labute approximate surface area is 176 Å². The number of benzene rings is 2. The number of rotatable bonds is 7. The van der Waals surface area contributed by atoms with Gasteiger partial charge in [0.05, 0.1) is 11.3 Å². The number of piperidine rings is 1. The van der Waals surface area contributed by atoms with Crippen molar-refractivity contribution in [3.63, 3.8) is 0 Å². The molecule has 0 radical (unpaired) electrons. The van der Waals surface area contributed by atoms with Gasteiger partial charge in [-0.25, -0.2) is 4.39 Å². The lowest BCUT2D eigenvalue weighted by atomic mass is 10.0. The topological polar surface area (TPSA) is 87.5 Å². The zero-order chi connectivity index (χ0) is 21.5. The molecule has 2 aromatic carbocycles. The summed E-state index contributed by atoms with van der Waals surface area (Å²) in [4.78, 5) is 27.3. The van der Waals surface area contributed by atoms with E-state index in [2.05, 4.69) is 22.5 Å². The Kier molecular flexibility index (Phi) is 7.41. The molecule has 0 bridgehead atoms. The number of hydrogen-bond acceptors (Lipinski definition) is 4. The molecule has 1 aliphatic rings. The Hall–Kier alpha value is -2.93. The van der Waals surface area contributed by atoms with Crippen molar-refractivity contribution in [2.45, 2.75) is 38.6 Å². The summed E-state index contributed by atoms with van der Waals surface area (Å²) in [7, 11) is 0. The molecular formula is C23H29FN4O2. The van der Waals surface area contributed by atoms with Crippen LogP contribution in [0.4, 0.5) is 15.8 Å². The number of para-hydroxylation sites is 1. The van der Waals surface area contributed by atoms with Crippen LogP contribution in [0.1, 0.15) is 53.3 Å². The van der Waals surface area contributed by atoms with Crippen molar-refractivity contribution in [3.8, 4) is 0 Å². The zero-order valence-electron chi connectivity index (χ0n) is 17.3. The number of nitrogens with one attached hydrogen (secondary N) is 2. The molecule has 3 rings (SSSR count). The molecule has 1 unspecified atom stereocenters. The summed E-state index contributed by atoms with van der Waals surface area (Å²) in [6.07, 6.45) is 4.66. The Balaban J connectivity index is 1.52. The summed E-state index contributed by atoms with van der Waals surface area (Å²) in [5, 5.41) is 5.40.